The average molecular weight is 314 g/mol. The zero-order valence-electron chi connectivity index (χ0n) is 13.1. The molecule has 1 aliphatic rings. The normalized spacial score (nSPS) is 27.2. The highest BCUT2D eigenvalue weighted by molar-refractivity contribution is 7.89. The fourth-order valence-corrected chi connectivity index (χ4v) is 4.77. The van der Waals surface area contributed by atoms with E-state index in [1.165, 1.54) is 10.5 Å². The van der Waals surface area contributed by atoms with Crippen LogP contribution in [0, 0.1) is 5.92 Å². The van der Waals surface area contributed by atoms with Crippen LogP contribution in [0.2, 0.25) is 0 Å². The van der Waals surface area contributed by atoms with Crippen LogP contribution in [-0.2, 0) is 16.4 Å². The lowest BCUT2D eigenvalue weighted by molar-refractivity contribution is 0.127. The standard InChI is InChI=1S/C14H26N4O2S/c1-4-12-16-9-13(17-12)21(19,20)18(3)14(10-15)7-5-6-11(2)8-14/h9,11H,4-8,10,15H2,1-3H3,(H,16,17). The molecule has 0 bridgehead atoms. The number of aromatic amines is 1. The minimum atomic E-state index is -3.59. The van der Waals surface area contributed by atoms with E-state index in [1.54, 1.807) is 7.05 Å². The molecular weight excluding hydrogens is 288 g/mol. The van der Waals surface area contributed by atoms with Gasteiger partial charge in [0, 0.05) is 25.6 Å². The summed E-state index contributed by atoms with van der Waals surface area (Å²) < 4.78 is 27.1. The second-order valence-corrected chi connectivity index (χ2v) is 8.09. The molecule has 0 radical (unpaired) electrons. The number of nitrogens with two attached hydrogens (primary N) is 1. The molecule has 21 heavy (non-hydrogen) atoms. The van der Waals surface area contributed by atoms with Crippen LogP contribution in [0.15, 0.2) is 11.2 Å². The van der Waals surface area contributed by atoms with Crippen molar-refractivity contribution in [3.8, 4) is 0 Å². The molecular formula is C14H26N4O2S. The smallest absolute Gasteiger partial charge is 0.260 e. The van der Waals surface area contributed by atoms with Gasteiger partial charge in [-0.3, -0.25) is 0 Å². The van der Waals surface area contributed by atoms with Crippen molar-refractivity contribution in [1.29, 1.82) is 0 Å². The molecule has 0 saturated heterocycles. The molecule has 0 spiro atoms. The molecule has 1 aromatic heterocycles. The number of rotatable bonds is 5. The van der Waals surface area contributed by atoms with Gasteiger partial charge in [0.05, 0.1) is 6.20 Å². The molecule has 120 valence electrons. The first-order valence-electron chi connectivity index (χ1n) is 7.58. The molecule has 3 N–H and O–H groups in total. The van der Waals surface area contributed by atoms with Crippen molar-refractivity contribution in [2.24, 2.45) is 11.7 Å². The number of nitrogens with zero attached hydrogens (tertiary/aromatic N) is 2. The van der Waals surface area contributed by atoms with Crippen molar-refractivity contribution in [1.82, 2.24) is 14.3 Å². The summed E-state index contributed by atoms with van der Waals surface area (Å²) >= 11 is 0. The molecule has 2 unspecified atom stereocenters. The third-order valence-electron chi connectivity index (χ3n) is 4.69. The van der Waals surface area contributed by atoms with Crippen LogP contribution in [0.1, 0.15) is 45.4 Å². The highest BCUT2D eigenvalue weighted by Gasteiger charge is 2.43. The average Bonchev–Trinajstić information content (AvgIpc) is 2.96. The van der Waals surface area contributed by atoms with Crippen molar-refractivity contribution in [2.45, 2.75) is 56.5 Å². The molecule has 1 saturated carbocycles. The van der Waals surface area contributed by atoms with Crippen molar-refractivity contribution in [3.63, 3.8) is 0 Å². The van der Waals surface area contributed by atoms with Gasteiger partial charge < -0.3 is 10.7 Å². The Hall–Kier alpha value is -0.920. The van der Waals surface area contributed by atoms with Gasteiger partial charge in [-0.15, -0.1) is 0 Å². The first-order valence-corrected chi connectivity index (χ1v) is 9.02. The summed E-state index contributed by atoms with van der Waals surface area (Å²) in [5.74, 6) is 1.17. The Balaban J connectivity index is 2.33. The quantitative estimate of drug-likeness (QED) is 0.861. The Morgan fingerprint density at radius 1 is 1.57 bits per heavy atom. The maximum atomic E-state index is 12.8. The van der Waals surface area contributed by atoms with Crippen LogP contribution in [0.3, 0.4) is 0 Å². The zero-order valence-corrected chi connectivity index (χ0v) is 13.9. The Labute approximate surface area is 127 Å². The van der Waals surface area contributed by atoms with Crippen molar-refractivity contribution < 1.29 is 8.42 Å². The molecule has 1 fully saturated rings. The van der Waals surface area contributed by atoms with Crippen LogP contribution >= 0.6 is 0 Å². The number of aryl methyl sites for hydroxylation is 1. The minimum Gasteiger partial charge on any atom is -0.332 e. The van der Waals surface area contributed by atoms with E-state index in [1.807, 2.05) is 6.92 Å². The maximum Gasteiger partial charge on any atom is 0.260 e. The number of H-pyrrole nitrogens is 1. The van der Waals surface area contributed by atoms with E-state index in [0.717, 1.165) is 25.7 Å². The number of sulfonamides is 1. The number of hydrogen-bond donors (Lipinski definition) is 2. The highest BCUT2D eigenvalue weighted by Crippen LogP contribution is 2.37. The third kappa shape index (κ3) is 3.00. The second-order valence-electron chi connectivity index (χ2n) is 6.15. The SMILES string of the molecule is CCc1ncc(S(=O)(=O)N(C)C2(CN)CCCC(C)C2)[nH]1. The Kier molecular flexibility index (Phi) is 4.75. The first-order chi connectivity index (χ1) is 9.85. The van der Waals surface area contributed by atoms with E-state index in [9.17, 15) is 8.42 Å². The van der Waals surface area contributed by atoms with Crippen molar-refractivity contribution in [3.05, 3.63) is 12.0 Å². The molecule has 6 nitrogen and oxygen atoms in total. The Bertz CT molecular complexity index is 584. The summed E-state index contributed by atoms with van der Waals surface area (Å²) in [5.41, 5.74) is 5.50. The van der Waals surface area contributed by atoms with Crippen LogP contribution in [-0.4, -0.2) is 41.8 Å². The van der Waals surface area contributed by atoms with Crippen LogP contribution in [0.4, 0.5) is 0 Å². The molecule has 2 rings (SSSR count). The summed E-state index contributed by atoms with van der Waals surface area (Å²) in [5, 5.41) is 0.160. The summed E-state index contributed by atoms with van der Waals surface area (Å²) in [4.78, 5) is 6.99. The second kappa shape index (κ2) is 6.06. The fraction of sp³-hybridized carbons (Fsp3) is 0.786. The fourth-order valence-electron chi connectivity index (χ4n) is 3.29. The van der Waals surface area contributed by atoms with Gasteiger partial charge in [-0.2, -0.15) is 4.31 Å². The van der Waals surface area contributed by atoms with Gasteiger partial charge in [-0.1, -0.05) is 26.7 Å². The van der Waals surface area contributed by atoms with E-state index in [4.69, 9.17) is 5.73 Å². The Morgan fingerprint density at radius 3 is 2.81 bits per heavy atom. The molecule has 1 aliphatic carbocycles. The van der Waals surface area contributed by atoms with Crippen LogP contribution in [0.5, 0.6) is 0 Å². The lowest BCUT2D eigenvalue weighted by Gasteiger charge is -2.44. The molecule has 2 atom stereocenters. The largest absolute Gasteiger partial charge is 0.332 e. The number of imidazole rings is 1. The molecule has 1 heterocycles. The zero-order chi connectivity index (χ0) is 15.7. The Morgan fingerprint density at radius 2 is 2.29 bits per heavy atom. The first kappa shape index (κ1) is 16.5. The minimum absolute atomic E-state index is 0.160. The monoisotopic (exact) mass is 314 g/mol. The van der Waals surface area contributed by atoms with Crippen molar-refractivity contribution in [2.75, 3.05) is 13.6 Å². The van der Waals surface area contributed by atoms with E-state index in [0.29, 0.717) is 24.7 Å². The molecule has 0 aliphatic heterocycles. The topological polar surface area (TPSA) is 92.1 Å². The van der Waals surface area contributed by atoms with Crippen LogP contribution in [0.25, 0.3) is 0 Å². The lowest BCUT2D eigenvalue weighted by atomic mass is 9.76. The predicted octanol–water partition coefficient (Wildman–Crippen LogP) is 1.50. The number of nitrogens with one attached hydrogen (secondary N) is 1. The number of aromatic nitrogens is 2. The van der Waals surface area contributed by atoms with Gasteiger partial charge in [-0.25, -0.2) is 13.4 Å². The highest BCUT2D eigenvalue weighted by atomic mass is 32.2. The van der Waals surface area contributed by atoms with E-state index in [-0.39, 0.29) is 5.03 Å². The van der Waals surface area contributed by atoms with Gasteiger partial charge in [0.2, 0.25) is 0 Å². The summed E-state index contributed by atoms with van der Waals surface area (Å²) in [6.45, 7) is 4.44. The van der Waals surface area contributed by atoms with Gasteiger partial charge in [0.1, 0.15) is 5.82 Å². The van der Waals surface area contributed by atoms with E-state index in [2.05, 4.69) is 16.9 Å². The summed E-state index contributed by atoms with van der Waals surface area (Å²) in [6, 6.07) is 0. The van der Waals surface area contributed by atoms with Gasteiger partial charge >= 0.3 is 0 Å². The summed E-state index contributed by atoms with van der Waals surface area (Å²) in [6.07, 6.45) is 5.87. The predicted molar refractivity (Wildman–Crippen MR) is 82.3 cm³/mol. The van der Waals surface area contributed by atoms with Gasteiger partial charge in [-0.05, 0) is 18.8 Å². The van der Waals surface area contributed by atoms with Gasteiger partial charge in [0.25, 0.3) is 10.0 Å². The van der Waals surface area contributed by atoms with Crippen molar-refractivity contribution >= 4 is 10.0 Å². The molecule has 0 amide bonds. The third-order valence-corrected chi connectivity index (χ3v) is 6.57. The van der Waals surface area contributed by atoms with Gasteiger partial charge in [0.15, 0.2) is 5.03 Å². The van der Waals surface area contributed by atoms with E-state index >= 15 is 0 Å². The number of hydrogen-bond acceptors (Lipinski definition) is 4. The molecule has 7 heteroatoms. The summed E-state index contributed by atoms with van der Waals surface area (Å²) in [7, 11) is -1.94. The maximum absolute atomic E-state index is 12.8. The number of likely N-dealkylation sites (N-methyl/N-ethyl adjacent to an activating group) is 1. The lowest BCUT2D eigenvalue weighted by Crippen LogP contribution is -2.56. The van der Waals surface area contributed by atoms with E-state index < -0.39 is 15.6 Å². The molecule has 0 aromatic carbocycles. The molecule has 1 aromatic rings. The van der Waals surface area contributed by atoms with Crippen LogP contribution < -0.4 is 5.73 Å².